The molecule has 0 aromatic carbocycles. The summed E-state index contributed by atoms with van der Waals surface area (Å²) in [6.07, 6.45) is 0. The summed E-state index contributed by atoms with van der Waals surface area (Å²) in [5, 5.41) is 8.85. The second-order valence-electron chi connectivity index (χ2n) is 4.04. The van der Waals surface area contributed by atoms with Crippen LogP contribution in [0.25, 0.3) is 0 Å². The zero-order chi connectivity index (χ0) is 13.3. The highest BCUT2D eigenvalue weighted by atomic mass is 16.2. The van der Waals surface area contributed by atoms with Crippen molar-refractivity contribution in [3.05, 3.63) is 39.1 Å². The van der Waals surface area contributed by atoms with Crippen LogP contribution in [0.4, 0.5) is 5.95 Å². The monoisotopic (exact) mass is 247 g/mol. The van der Waals surface area contributed by atoms with Gasteiger partial charge in [-0.05, 0) is 32.4 Å². The molecule has 94 valence electrons. The van der Waals surface area contributed by atoms with Crippen LogP contribution in [0.15, 0.2) is 10.9 Å². The number of aromatic amines is 2. The average molecular weight is 247 g/mol. The van der Waals surface area contributed by atoms with E-state index in [-0.39, 0.29) is 11.5 Å². The normalized spacial score (nSPS) is 10.4. The number of aryl methyl sites for hydroxylation is 3. The summed E-state index contributed by atoms with van der Waals surface area (Å²) >= 11 is 0. The number of carbonyl (C=O) groups excluding carboxylic acids is 1. The molecular weight excluding hydrogens is 234 g/mol. The molecule has 0 unspecified atom stereocenters. The molecule has 0 atom stereocenters. The molecule has 18 heavy (non-hydrogen) atoms. The van der Waals surface area contributed by atoms with Gasteiger partial charge in [0.25, 0.3) is 11.5 Å². The van der Waals surface area contributed by atoms with Crippen molar-refractivity contribution < 1.29 is 4.79 Å². The molecule has 1 amide bonds. The van der Waals surface area contributed by atoms with Gasteiger partial charge in [0.05, 0.1) is 0 Å². The zero-order valence-electron chi connectivity index (χ0n) is 10.3. The summed E-state index contributed by atoms with van der Waals surface area (Å²) in [4.78, 5) is 30.2. The second kappa shape index (κ2) is 4.44. The molecule has 2 aromatic rings. The number of H-pyrrole nitrogens is 2. The summed E-state index contributed by atoms with van der Waals surface area (Å²) < 4.78 is 0. The van der Waals surface area contributed by atoms with Crippen LogP contribution >= 0.6 is 0 Å². The predicted octanol–water partition coefficient (Wildman–Crippen LogP) is 0.671. The van der Waals surface area contributed by atoms with E-state index < -0.39 is 11.5 Å². The number of aromatic nitrogens is 4. The molecule has 7 nitrogen and oxygen atoms in total. The van der Waals surface area contributed by atoms with E-state index >= 15 is 0 Å². The fourth-order valence-electron chi connectivity index (χ4n) is 1.70. The van der Waals surface area contributed by atoms with E-state index in [1.165, 1.54) is 0 Å². The first-order valence-corrected chi connectivity index (χ1v) is 5.38. The third kappa shape index (κ3) is 2.29. The molecule has 0 fully saturated rings. The number of nitrogens with zero attached hydrogens (tertiary/aromatic N) is 2. The van der Waals surface area contributed by atoms with E-state index in [4.69, 9.17) is 0 Å². The molecule has 3 N–H and O–H groups in total. The minimum Gasteiger partial charge on any atom is -0.326 e. The Bertz CT molecular complexity index is 656. The lowest BCUT2D eigenvalue weighted by Gasteiger charge is -2.04. The maximum atomic E-state index is 12.0. The number of amides is 1. The Morgan fingerprint density at radius 3 is 2.61 bits per heavy atom. The first-order valence-electron chi connectivity index (χ1n) is 5.38. The van der Waals surface area contributed by atoms with Crippen LogP contribution in [0.2, 0.25) is 0 Å². The van der Waals surface area contributed by atoms with Gasteiger partial charge in [0.1, 0.15) is 11.4 Å². The predicted molar refractivity (Wildman–Crippen MR) is 65.6 cm³/mol. The van der Waals surface area contributed by atoms with Crippen molar-refractivity contribution in [2.24, 2.45) is 0 Å². The first kappa shape index (κ1) is 12.0. The van der Waals surface area contributed by atoms with Crippen LogP contribution in [-0.2, 0) is 0 Å². The summed E-state index contributed by atoms with van der Waals surface area (Å²) in [5.41, 5.74) is 0.976. The van der Waals surface area contributed by atoms with Gasteiger partial charge in [0.15, 0.2) is 0 Å². The molecule has 0 aliphatic heterocycles. The highest BCUT2D eigenvalue weighted by molar-refractivity contribution is 6.04. The molecule has 0 radical (unpaired) electrons. The first-order chi connectivity index (χ1) is 8.47. The molecule has 2 heterocycles. The molecule has 2 aromatic heterocycles. The quantitative estimate of drug-likeness (QED) is 0.725. The van der Waals surface area contributed by atoms with Gasteiger partial charge in [0, 0.05) is 5.69 Å². The highest BCUT2D eigenvalue weighted by Gasteiger charge is 2.15. The van der Waals surface area contributed by atoms with Gasteiger partial charge in [-0.3, -0.25) is 20.0 Å². The standard InChI is InChI=1S/C11H13N5O2/c1-5-4-6(2)12-9(17)8(5)10(18)14-11-13-7(3)15-16-11/h4H,1-3H3,(H,12,17)(H2,13,14,15,16,18). The lowest BCUT2D eigenvalue weighted by atomic mass is 10.1. The Hall–Kier alpha value is -2.44. The van der Waals surface area contributed by atoms with E-state index in [0.717, 1.165) is 0 Å². The largest absolute Gasteiger partial charge is 0.326 e. The van der Waals surface area contributed by atoms with Gasteiger partial charge >= 0.3 is 0 Å². The summed E-state index contributed by atoms with van der Waals surface area (Å²) in [7, 11) is 0. The Labute approximate surface area is 103 Å². The van der Waals surface area contributed by atoms with Gasteiger partial charge in [-0.15, -0.1) is 5.10 Å². The van der Waals surface area contributed by atoms with Crippen LogP contribution in [-0.4, -0.2) is 26.1 Å². The van der Waals surface area contributed by atoms with Crippen LogP contribution < -0.4 is 10.9 Å². The number of anilines is 1. The maximum Gasteiger partial charge on any atom is 0.263 e. The van der Waals surface area contributed by atoms with Crippen molar-refractivity contribution in [1.29, 1.82) is 0 Å². The molecule has 0 bridgehead atoms. The molecule has 0 spiro atoms. The second-order valence-corrected chi connectivity index (χ2v) is 4.04. The van der Waals surface area contributed by atoms with Gasteiger partial charge in [0.2, 0.25) is 5.95 Å². The van der Waals surface area contributed by atoms with Crippen LogP contribution in [0.5, 0.6) is 0 Å². The summed E-state index contributed by atoms with van der Waals surface area (Å²) in [5.74, 6) is 0.212. The summed E-state index contributed by atoms with van der Waals surface area (Å²) in [6.45, 7) is 5.18. The lowest BCUT2D eigenvalue weighted by molar-refractivity contribution is 0.102. The smallest absolute Gasteiger partial charge is 0.263 e. The van der Waals surface area contributed by atoms with E-state index in [0.29, 0.717) is 17.1 Å². The molecule has 2 rings (SSSR count). The highest BCUT2D eigenvalue weighted by Crippen LogP contribution is 2.06. The van der Waals surface area contributed by atoms with Crippen LogP contribution in [0, 0.1) is 20.8 Å². The van der Waals surface area contributed by atoms with Crippen molar-refractivity contribution in [2.45, 2.75) is 20.8 Å². The average Bonchev–Trinajstić information content (AvgIpc) is 2.62. The fraction of sp³-hybridized carbons (Fsp3) is 0.273. The number of hydrogen-bond acceptors (Lipinski definition) is 4. The maximum absolute atomic E-state index is 12.0. The van der Waals surface area contributed by atoms with E-state index in [2.05, 4.69) is 25.5 Å². The van der Waals surface area contributed by atoms with Gasteiger partial charge < -0.3 is 4.98 Å². The third-order valence-electron chi connectivity index (χ3n) is 2.41. The fourth-order valence-corrected chi connectivity index (χ4v) is 1.70. The van der Waals surface area contributed by atoms with E-state index in [1.54, 1.807) is 26.8 Å². The van der Waals surface area contributed by atoms with Gasteiger partial charge in [-0.25, -0.2) is 0 Å². The molecule has 0 saturated heterocycles. The summed E-state index contributed by atoms with van der Waals surface area (Å²) in [6, 6.07) is 1.74. The van der Waals surface area contributed by atoms with Crippen molar-refractivity contribution >= 4 is 11.9 Å². The number of hydrogen-bond donors (Lipinski definition) is 3. The Kier molecular flexibility index (Phi) is 2.97. The number of nitrogens with one attached hydrogen (secondary N) is 3. The van der Waals surface area contributed by atoms with Crippen molar-refractivity contribution in [3.63, 3.8) is 0 Å². The van der Waals surface area contributed by atoms with Crippen molar-refractivity contribution in [3.8, 4) is 0 Å². The number of pyridine rings is 1. The van der Waals surface area contributed by atoms with Gasteiger partial charge in [-0.2, -0.15) is 4.98 Å². The Morgan fingerprint density at radius 1 is 1.33 bits per heavy atom. The van der Waals surface area contributed by atoms with E-state index in [1.807, 2.05) is 0 Å². The third-order valence-corrected chi connectivity index (χ3v) is 2.41. The SMILES string of the molecule is Cc1cc(C)c(C(=O)Nc2n[nH]c(C)n2)c(=O)[nH]1. The molecular formula is C11H13N5O2. The minimum atomic E-state index is -0.521. The lowest BCUT2D eigenvalue weighted by Crippen LogP contribution is -2.25. The topological polar surface area (TPSA) is 104 Å². The molecule has 0 aliphatic rings. The molecule has 0 saturated carbocycles. The van der Waals surface area contributed by atoms with Crippen molar-refractivity contribution in [2.75, 3.05) is 5.32 Å². The molecule has 0 aliphatic carbocycles. The number of rotatable bonds is 2. The Balaban J connectivity index is 2.32. The number of carbonyl (C=O) groups is 1. The zero-order valence-corrected chi connectivity index (χ0v) is 10.3. The van der Waals surface area contributed by atoms with Gasteiger partial charge in [-0.1, -0.05) is 0 Å². The van der Waals surface area contributed by atoms with Crippen molar-refractivity contribution in [1.82, 2.24) is 20.2 Å². The minimum absolute atomic E-state index is 0.0723. The Morgan fingerprint density at radius 2 is 2.06 bits per heavy atom. The van der Waals surface area contributed by atoms with E-state index in [9.17, 15) is 9.59 Å². The molecule has 7 heteroatoms. The van der Waals surface area contributed by atoms with Crippen LogP contribution in [0.3, 0.4) is 0 Å². The van der Waals surface area contributed by atoms with Crippen LogP contribution in [0.1, 0.15) is 27.4 Å².